The summed E-state index contributed by atoms with van der Waals surface area (Å²) in [6.07, 6.45) is 3.38. The molecule has 1 unspecified atom stereocenters. The Kier molecular flexibility index (Phi) is 5.11. The zero-order valence-corrected chi connectivity index (χ0v) is 12.6. The zero-order valence-electron chi connectivity index (χ0n) is 12.6. The first-order valence-corrected chi connectivity index (χ1v) is 7.06. The first-order chi connectivity index (χ1) is 10.2. The van der Waals surface area contributed by atoms with Crippen LogP contribution in [0.15, 0.2) is 30.6 Å². The van der Waals surface area contributed by atoms with Crippen LogP contribution in [0.5, 0.6) is 5.75 Å². The van der Waals surface area contributed by atoms with Crippen molar-refractivity contribution in [3.63, 3.8) is 0 Å². The second-order valence-corrected chi connectivity index (χ2v) is 4.81. The summed E-state index contributed by atoms with van der Waals surface area (Å²) in [7, 11) is 0. The van der Waals surface area contributed by atoms with Gasteiger partial charge in [-0.1, -0.05) is 0 Å². The van der Waals surface area contributed by atoms with Gasteiger partial charge in [0.1, 0.15) is 5.75 Å². The van der Waals surface area contributed by atoms with Crippen molar-refractivity contribution < 1.29 is 9.84 Å². The Balaban J connectivity index is 2.18. The Morgan fingerprint density at radius 1 is 1.29 bits per heavy atom. The molecule has 112 valence electrons. The lowest BCUT2D eigenvalue weighted by molar-refractivity contribution is 0.267. The molecular weight excluding hydrogens is 266 g/mol. The van der Waals surface area contributed by atoms with Gasteiger partial charge in [-0.25, -0.2) is 0 Å². The highest BCUT2D eigenvalue weighted by atomic mass is 16.5. The number of aryl methyl sites for hydroxylation is 1. The molecule has 5 heteroatoms. The maximum atomic E-state index is 9.43. The summed E-state index contributed by atoms with van der Waals surface area (Å²) in [6, 6.07) is 5.73. The molecule has 0 radical (unpaired) electrons. The number of hydrogen-bond donors (Lipinski definition) is 2. The average molecular weight is 287 g/mol. The van der Waals surface area contributed by atoms with Gasteiger partial charge >= 0.3 is 0 Å². The molecule has 1 heterocycles. The molecule has 2 rings (SSSR count). The zero-order chi connectivity index (χ0) is 15.2. The highest BCUT2D eigenvalue weighted by molar-refractivity contribution is 5.52. The molecule has 0 spiro atoms. The standard InChI is InChI=1S/C16H21N3O2/c1-4-21-15-6-5-14(9-13(15)10-20)19-12(3)16-11(2)17-7-8-18-16/h5-9,12,19-20H,4,10H2,1-3H3. The normalized spacial score (nSPS) is 12.0. The fourth-order valence-corrected chi connectivity index (χ4v) is 2.25. The quantitative estimate of drug-likeness (QED) is 0.855. The molecule has 1 atom stereocenters. The van der Waals surface area contributed by atoms with E-state index in [1.807, 2.05) is 39.0 Å². The molecule has 0 aliphatic carbocycles. The Morgan fingerprint density at radius 3 is 2.71 bits per heavy atom. The van der Waals surface area contributed by atoms with Crippen LogP contribution in [0.2, 0.25) is 0 Å². The van der Waals surface area contributed by atoms with Gasteiger partial charge in [0.25, 0.3) is 0 Å². The van der Waals surface area contributed by atoms with Gasteiger partial charge in [-0.15, -0.1) is 0 Å². The van der Waals surface area contributed by atoms with Crippen LogP contribution < -0.4 is 10.1 Å². The van der Waals surface area contributed by atoms with Gasteiger partial charge in [0, 0.05) is 23.6 Å². The van der Waals surface area contributed by atoms with Gasteiger partial charge in [0.2, 0.25) is 0 Å². The minimum atomic E-state index is -0.0522. The van der Waals surface area contributed by atoms with Crippen molar-refractivity contribution in [2.24, 2.45) is 0 Å². The fraction of sp³-hybridized carbons (Fsp3) is 0.375. The molecule has 2 aromatic rings. The molecule has 0 aliphatic heterocycles. The number of aliphatic hydroxyl groups is 1. The summed E-state index contributed by atoms with van der Waals surface area (Å²) in [5.41, 5.74) is 3.51. The summed E-state index contributed by atoms with van der Waals surface area (Å²) in [4.78, 5) is 8.62. The molecule has 0 fully saturated rings. The molecule has 1 aromatic carbocycles. The Hall–Kier alpha value is -2.14. The van der Waals surface area contributed by atoms with Crippen LogP contribution in [0.25, 0.3) is 0 Å². The Morgan fingerprint density at radius 2 is 2.05 bits per heavy atom. The van der Waals surface area contributed by atoms with Gasteiger partial charge in [-0.2, -0.15) is 0 Å². The van der Waals surface area contributed by atoms with Gasteiger partial charge in [0.05, 0.1) is 30.6 Å². The van der Waals surface area contributed by atoms with Crippen LogP contribution in [-0.2, 0) is 6.61 Å². The predicted molar refractivity (Wildman–Crippen MR) is 82.3 cm³/mol. The molecule has 2 N–H and O–H groups in total. The third-order valence-corrected chi connectivity index (χ3v) is 3.24. The van der Waals surface area contributed by atoms with Crippen LogP contribution in [0.3, 0.4) is 0 Å². The van der Waals surface area contributed by atoms with Crippen LogP contribution in [0, 0.1) is 6.92 Å². The largest absolute Gasteiger partial charge is 0.494 e. The lowest BCUT2D eigenvalue weighted by Gasteiger charge is -2.17. The molecule has 5 nitrogen and oxygen atoms in total. The van der Waals surface area contributed by atoms with Crippen LogP contribution in [-0.4, -0.2) is 21.7 Å². The van der Waals surface area contributed by atoms with E-state index in [1.165, 1.54) is 0 Å². The summed E-state index contributed by atoms with van der Waals surface area (Å²) in [5, 5.41) is 12.8. The van der Waals surface area contributed by atoms with Crippen molar-refractivity contribution in [1.82, 2.24) is 9.97 Å². The Labute approximate surface area is 125 Å². The van der Waals surface area contributed by atoms with Gasteiger partial charge in [-0.3, -0.25) is 9.97 Å². The topological polar surface area (TPSA) is 67.3 Å². The van der Waals surface area contributed by atoms with E-state index >= 15 is 0 Å². The van der Waals surface area contributed by atoms with E-state index in [0.717, 1.165) is 22.6 Å². The average Bonchev–Trinajstić information content (AvgIpc) is 2.49. The highest BCUT2D eigenvalue weighted by Crippen LogP contribution is 2.26. The van der Waals surface area contributed by atoms with E-state index in [4.69, 9.17) is 4.74 Å². The number of hydrogen-bond acceptors (Lipinski definition) is 5. The van der Waals surface area contributed by atoms with E-state index in [2.05, 4.69) is 15.3 Å². The van der Waals surface area contributed by atoms with Crippen molar-refractivity contribution in [2.45, 2.75) is 33.4 Å². The van der Waals surface area contributed by atoms with Crippen molar-refractivity contribution in [3.8, 4) is 5.75 Å². The molecule has 0 bridgehead atoms. The van der Waals surface area contributed by atoms with Crippen molar-refractivity contribution in [1.29, 1.82) is 0 Å². The van der Waals surface area contributed by atoms with Crippen LogP contribution in [0.4, 0.5) is 5.69 Å². The van der Waals surface area contributed by atoms with Gasteiger partial charge in [-0.05, 0) is 39.0 Å². The minimum Gasteiger partial charge on any atom is -0.494 e. The number of aromatic nitrogens is 2. The van der Waals surface area contributed by atoms with E-state index in [9.17, 15) is 5.11 Å². The number of nitrogens with zero attached hydrogens (tertiary/aromatic N) is 2. The third-order valence-electron chi connectivity index (χ3n) is 3.24. The molecule has 21 heavy (non-hydrogen) atoms. The number of anilines is 1. The monoisotopic (exact) mass is 287 g/mol. The second kappa shape index (κ2) is 7.04. The van der Waals surface area contributed by atoms with Crippen molar-refractivity contribution >= 4 is 5.69 Å². The third kappa shape index (κ3) is 3.70. The Bertz CT molecular complexity index is 602. The van der Waals surface area contributed by atoms with Gasteiger partial charge < -0.3 is 15.2 Å². The first kappa shape index (κ1) is 15.3. The predicted octanol–water partition coefficient (Wildman–Crippen LogP) is 2.85. The van der Waals surface area contributed by atoms with Crippen molar-refractivity contribution in [2.75, 3.05) is 11.9 Å². The number of benzene rings is 1. The minimum absolute atomic E-state index is 0.0307. The summed E-state index contributed by atoms with van der Waals surface area (Å²) in [6.45, 7) is 6.43. The second-order valence-electron chi connectivity index (χ2n) is 4.81. The van der Waals surface area contributed by atoms with Gasteiger partial charge in [0.15, 0.2) is 0 Å². The van der Waals surface area contributed by atoms with Crippen molar-refractivity contribution in [3.05, 3.63) is 47.5 Å². The molecule has 0 amide bonds. The number of ether oxygens (including phenoxy) is 1. The summed E-state index contributed by atoms with van der Waals surface area (Å²) < 4.78 is 5.48. The summed E-state index contributed by atoms with van der Waals surface area (Å²) >= 11 is 0. The van der Waals surface area contributed by atoms with E-state index in [1.54, 1.807) is 12.4 Å². The highest BCUT2D eigenvalue weighted by Gasteiger charge is 2.11. The molecule has 0 saturated carbocycles. The number of nitrogens with one attached hydrogen (secondary N) is 1. The lowest BCUT2D eigenvalue weighted by atomic mass is 10.1. The maximum absolute atomic E-state index is 9.43. The number of rotatable bonds is 6. The maximum Gasteiger partial charge on any atom is 0.124 e. The van der Waals surface area contributed by atoms with Crippen LogP contribution >= 0.6 is 0 Å². The molecular formula is C16H21N3O2. The molecule has 0 aliphatic rings. The molecule has 1 aromatic heterocycles. The first-order valence-electron chi connectivity index (χ1n) is 7.06. The SMILES string of the molecule is CCOc1ccc(NC(C)c2nccnc2C)cc1CO. The fourth-order valence-electron chi connectivity index (χ4n) is 2.25. The summed E-state index contributed by atoms with van der Waals surface area (Å²) in [5.74, 6) is 0.717. The van der Waals surface area contributed by atoms with E-state index < -0.39 is 0 Å². The van der Waals surface area contributed by atoms with Crippen LogP contribution in [0.1, 0.15) is 36.8 Å². The number of aliphatic hydroxyl groups excluding tert-OH is 1. The van der Waals surface area contributed by atoms with E-state index in [-0.39, 0.29) is 12.6 Å². The lowest BCUT2D eigenvalue weighted by Crippen LogP contribution is -2.11. The smallest absolute Gasteiger partial charge is 0.124 e. The van der Waals surface area contributed by atoms with E-state index in [0.29, 0.717) is 12.4 Å². The molecule has 0 saturated heterocycles.